The summed E-state index contributed by atoms with van der Waals surface area (Å²) < 4.78 is 0. The van der Waals surface area contributed by atoms with Gasteiger partial charge >= 0.3 is 0 Å². The first-order chi connectivity index (χ1) is 10.2. The van der Waals surface area contributed by atoms with Crippen LogP contribution in [0.2, 0.25) is 0 Å². The van der Waals surface area contributed by atoms with E-state index in [4.69, 9.17) is 0 Å². The van der Waals surface area contributed by atoms with E-state index in [0.29, 0.717) is 6.04 Å². The number of likely N-dealkylation sites (N-methyl/N-ethyl adjacent to an activating group) is 2. The minimum atomic E-state index is 0.189. The van der Waals surface area contributed by atoms with Gasteiger partial charge in [0.05, 0.1) is 0 Å². The molecule has 1 amide bonds. The Morgan fingerprint density at radius 2 is 2.29 bits per heavy atom. The summed E-state index contributed by atoms with van der Waals surface area (Å²) >= 11 is 0. The van der Waals surface area contributed by atoms with Crippen molar-refractivity contribution in [3.8, 4) is 0 Å². The fourth-order valence-corrected chi connectivity index (χ4v) is 3.54. The van der Waals surface area contributed by atoms with Crippen LogP contribution in [-0.2, 0) is 13.0 Å². The van der Waals surface area contributed by atoms with E-state index < -0.39 is 0 Å². The second-order valence-electron chi connectivity index (χ2n) is 6.34. The molecule has 21 heavy (non-hydrogen) atoms. The molecule has 0 bridgehead atoms. The lowest BCUT2D eigenvalue weighted by Crippen LogP contribution is -2.47. The minimum absolute atomic E-state index is 0.189. The van der Waals surface area contributed by atoms with Gasteiger partial charge in [-0.3, -0.25) is 4.79 Å². The Hall–Kier alpha value is -1.39. The average molecular weight is 287 g/mol. The van der Waals surface area contributed by atoms with Gasteiger partial charge in [0.2, 0.25) is 0 Å². The Balaban J connectivity index is 1.81. The molecule has 1 atom stereocenters. The number of amides is 1. The molecule has 0 aliphatic carbocycles. The quantitative estimate of drug-likeness (QED) is 0.895. The van der Waals surface area contributed by atoms with Gasteiger partial charge in [0.1, 0.15) is 0 Å². The van der Waals surface area contributed by atoms with Crippen LogP contribution in [-0.4, -0.2) is 55.5 Å². The third-order valence-electron chi connectivity index (χ3n) is 4.84. The maximum Gasteiger partial charge on any atom is 0.254 e. The molecule has 2 aliphatic rings. The molecule has 0 radical (unpaired) electrons. The van der Waals surface area contributed by atoms with Gasteiger partial charge in [0.15, 0.2) is 0 Å². The van der Waals surface area contributed by atoms with E-state index in [1.807, 2.05) is 24.1 Å². The second kappa shape index (κ2) is 6.16. The van der Waals surface area contributed by atoms with Crippen LogP contribution < -0.4 is 5.32 Å². The summed E-state index contributed by atoms with van der Waals surface area (Å²) in [6, 6.07) is 6.48. The van der Waals surface area contributed by atoms with Crippen molar-refractivity contribution in [3.63, 3.8) is 0 Å². The topological polar surface area (TPSA) is 35.6 Å². The number of benzene rings is 1. The SMILES string of the molecule is CN1CCCC(N(C)C(=O)c2cccc3c2CCNC3)C1. The van der Waals surface area contributed by atoms with Gasteiger partial charge in [0, 0.05) is 31.7 Å². The number of likely N-dealkylation sites (tertiary alicyclic amines) is 1. The van der Waals surface area contributed by atoms with Crippen molar-refractivity contribution in [1.82, 2.24) is 15.1 Å². The van der Waals surface area contributed by atoms with Crippen molar-refractivity contribution < 1.29 is 4.79 Å². The first-order valence-electron chi connectivity index (χ1n) is 7.94. The summed E-state index contributed by atoms with van der Waals surface area (Å²) in [7, 11) is 4.10. The first-order valence-corrected chi connectivity index (χ1v) is 7.94. The zero-order valence-corrected chi connectivity index (χ0v) is 13.1. The summed E-state index contributed by atoms with van der Waals surface area (Å²) in [5.74, 6) is 0.189. The number of carbonyl (C=O) groups is 1. The molecule has 3 rings (SSSR count). The molecule has 4 heteroatoms. The number of piperidine rings is 1. The third kappa shape index (κ3) is 2.97. The van der Waals surface area contributed by atoms with Crippen LogP contribution in [0.4, 0.5) is 0 Å². The molecule has 2 aliphatic heterocycles. The van der Waals surface area contributed by atoms with E-state index in [-0.39, 0.29) is 5.91 Å². The number of nitrogens with zero attached hydrogens (tertiary/aromatic N) is 2. The van der Waals surface area contributed by atoms with Crippen LogP contribution in [0.1, 0.15) is 34.3 Å². The maximum atomic E-state index is 12.9. The zero-order chi connectivity index (χ0) is 14.8. The largest absolute Gasteiger partial charge is 0.337 e. The minimum Gasteiger partial charge on any atom is -0.337 e. The number of hydrogen-bond donors (Lipinski definition) is 1. The third-order valence-corrected chi connectivity index (χ3v) is 4.84. The van der Waals surface area contributed by atoms with E-state index in [1.165, 1.54) is 17.5 Å². The van der Waals surface area contributed by atoms with E-state index in [1.54, 1.807) is 0 Å². The summed E-state index contributed by atoms with van der Waals surface area (Å²) in [6.45, 7) is 3.98. The molecular weight excluding hydrogens is 262 g/mol. The Bertz CT molecular complexity index is 529. The normalized spacial score (nSPS) is 22.7. The molecule has 1 aromatic carbocycles. The lowest BCUT2D eigenvalue weighted by molar-refractivity contribution is 0.0642. The number of hydrogen-bond acceptors (Lipinski definition) is 3. The van der Waals surface area contributed by atoms with Gasteiger partial charge in [-0.25, -0.2) is 0 Å². The lowest BCUT2D eigenvalue weighted by atomic mass is 9.94. The highest BCUT2D eigenvalue weighted by Crippen LogP contribution is 2.22. The lowest BCUT2D eigenvalue weighted by Gasteiger charge is -2.36. The molecule has 1 N–H and O–H groups in total. The number of rotatable bonds is 2. The number of fused-ring (bicyclic) bond motifs is 1. The van der Waals surface area contributed by atoms with Gasteiger partial charge in [-0.1, -0.05) is 12.1 Å². The van der Waals surface area contributed by atoms with Gasteiger partial charge < -0.3 is 15.1 Å². The summed E-state index contributed by atoms with van der Waals surface area (Å²) in [4.78, 5) is 17.2. The molecule has 1 aromatic rings. The second-order valence-corrected chi connectivity index (χ2v) is 6.34. The van der Waals surface area contributed by atoms with Gasteiger partial charge in [-0.15, -0.1) is 0 Å². The van der Waals surface area contributed by atoms with Crippen molar-refractivity contribution in [3.05, 3.63) is 34.9 Å². The molecule has 1 fully saturated rings. The van der Waals surface area contributed by atoms with Crippen molar-refractivity contribution in [2.45, 2.75) is 31.8 Å². The Kier molecular flexibility index (Phi) is 4.27. The molecule has 0 aromatic heterocycles. The highest BCUT2D eigenvalue weighted by Gasteiger charge is 2.27. The molecule has 0 spiro atoms. The van der Waals surface area contributed by atoms with Gasteiger partial charge in [-0.2, -0.15) is 0 Å². The highest BCUT2D eigenvalue weighted by molar-refractivity contribution is 5.96. The van der Waals surface area contributed by atoms with E-state index in [2.05, 4.69) is 23.3 Å². The summed E-state index contributed by atoms with van der Waals surface area (Å²) in [5, 5.41) is 3.37. The predicted octanol–water partition coefficient (Wildman–Crippen LogP) is 1.50. The van der Waals surface area contributed by atoms with Gasteiger partial charge in [0.25, 0.3) is 5.91 Å². The van der Waals surface area contributed by atoms with Crippen LogP contribution in [0.15, 0.2) is 18.2 Å². The fourth-order valence-electron chi connectivity index (χ4n) is 3.54. The molecule has 114 valence electrons. The molecular formula is C17H25N3O. The van der Waals surface area contributed by atoms with Gasteiger partial charge in [-0.05, 0) is 56.6 Å². The number of carbonyl (C=O) groups excluding carboxylic acids is 1. The van der Waals surface area contributed by atoms with E-state index in [0.717, 1.165) is 44.6 Å². The summed E-state index contributed by atoms with van der Waals surface area (Å²) in [6.07, 6.45) is 3.24. The van der Waals surface area contributed by atoms with Crippen LogP contribution >= 0.6 is 0 Å². The van der Waals surface area contributed by atoms with Crippen molar-refractivity contribution in [2.75, 3.05) is 33.7 Å². The highest BCUT2D eigenvalue weighted by atomic mass is 16.2. The molecule has 0 saturated carbocycles. The summed E-state index contributed by atoms with van der Waals surface area (Å²) in [5.41, 5.74) is 3.43. The van der Waals surface area contributed by atoms with Crippen LogP contribution in [0.3, 0.4) is 0 Å². The Labute approximate surface area is 127 Å². The molecule has 1 unspecified atom stereocenters. The van der Waals surface area contributed by atoms with Crippen molar-refractivity contribution >= 4 is 5.91 Å². The zero-order valence-electron chi connectivity index (χ0n) is 13.1. The van der Waals surface area contributed by atoms with E-state index in [9.17, 15) is 4.79 Å². The van der Waals surface area contributed by atoms with Crippen molar-refractivity contribution in [2.24, 2.45) is 0 Å². The molecule has 2 heterocycles. The fraction of sp³-hybridized carbons (Fsp3) is 0.588. The standard InChI is InChI=1S/C17H25N3O/c1-19-10-4-6-14(12-19)20(2)17(21)16-7-3-5-13-11-18-9-8-15(13)16/h3,5,7,14,18H,4,6,8-12H2,1-2H3. The van der Waals surface area contributed by atoms with E-state index >= 15 is 0 Å². The average Bonchev–Trinajstić information content (AvgIpc) is 2.53. The molecule has 4 nitrogen and oxygen atoms in total. The van der Waals surface area contributed by atoms with Crippen LogP contribution in [0, 0.1) is 0 Å². The first kappa shape index (κ1) is 14.5. The Morgan fingerprint density at radius 3 is 3.10 bits per heavy atom. The maximum absolute atomic E-state index is 12.9. The number of nitrogens with one attached hydrogen (secondary N) is 1. The monoisotopic (exact) mass is 287 g/mol. The Morgan fingerprint density at radius 1 is 1.43 bits per heavy atom. The van der Waals surface area contributed by atoms with Crippen molar-refractivity contribution in [1.29, 1.82) is 0 Å². The smallest absolute Gasteiger partial charge is 0.254 e. The van der Waals surface area contributed by atoms with Crippen LogP contribution in [0.5, 0.6) is 0 Å². The van der Waals surface area contributed by atoms with Crippen LogP contribution in [0.25, 0.3) is 0 Å². The molecule has 1 saturated heterocycles. The predicted molar refractivity (Wildman–Crippen MR) is 84.5 cm³/mol.